The van der Waals surface area contributed by atoms with Crippen LogP contribution in [-0.4, -0.2) is 32.2 Å². The summed E-state index contributed by atoms with van der Waals surface area (Å²) in [7, 11) is -3.66. The first-order chi connectivity index (χ1) is 13.5. The number of nitrogens with one attached hydrogen (secondary N) is 1. The summed E-state index contributed by atoms with van der Waals surface area (Å²) in [6, 6.07) is 13.6. The van der Waals surface area contributed by atoms with E-state index in [1.54, 1.807) is 25.1 Å². The van der Waals surface area contributed by atoms with Crippen molar-refractivity contribution in [3.8, 4) is 5.75 Å². The number of hydrogen-bond acceptors (Lipinski definition) is 4. The number of para-hydroxylation sites is 1. The number of nitrogens with zero attached hydrogens (tertiary/aromatic N) is 1. The van der Waals surface area contributed by atoms with E-state index < -0.39 is 21.7 Å². The molecule has 0 bridgehead atoms. The molecule has 0 radical (unpaired) electrons. The molecule has 0 saturated heterocycles. The largest absolute Gasteiger partial charge is 0.487 e. The van der Waals surface area contributed by atoms with Crippen LogP contribution in [0.15, 0.2) is 48.5 Å². The molecular formula is C22H28N2O4S. The molecule has 6 nitrogen and oxygen atoms in total. The molecule has 29 heavy (non-hydrogen) atoms. The van der Waals surface area contributed by atoms with Gasteiger partial charge in [0.2, 0.25) is 15.9 Å². The Labute approximate surface area is 172 Å². The molecule has 2 aromatic carbocycles. The molecule has 1 aliphatic rings. The second-order valence-corrected chi connectivity index (χ2v) is 10.1. The number of fused-ring (bicyclic) bond motifs is 1. The van der Waals surface area contributed by atoms with Crippen molar-refractivity contribution in [3.05, 3.63) is 59.7 Å². The van der Waals surface area contributed by atoms with Crippen LogP contribution in [0.5, 0.6) is 5.75 Å². The zero-order valence-corrected chi connectivity index (χ0v) is 18.3. The van der Waals surface area contributed by atoms with Crippen LogP contribution in [0.25, 0.3) is 0 Å². The predicted molar refractivity (Wildman–Crippen MR) is 115 cm³/mol. The van der Waals surface area contributed by atoms with Gasteiger partial charge < -0.3 is 10.1 Å². The molecule has 2 aromatic rings. The Hall–Kier alpha value is -2.54. The third-order valence-corrected chi connectivity index (χ3v) is 6.28. The smallest absolute Gasteiger partial charge is 0.244 e. The molecule has 2 atom stereocenters. The average molecular weight is 417 g/mol. The van der Waals surface area contributed by atoms with Gasteiger partial charge in [0.15, 0.2) is 0 Å². The Balaban J connectivity index is 1.89. The van der Waals surface area contributed by atoms with E-state index in [-0.39, 0.29) is 11.9 Å². The van der Waals surface area contributed by atoms with E-state index in [0.29, 0.717) is 12.1 Å². The number of rotatable bonds is 5. The van der Waals surface area contributed by atoms with Crippen LogP contribution in [0.1, 0.15) is 44.4 Å². The number of ether oxygens (including phenoxy) is 1. The molecule has 0 aromatic heterocycles. The maximum atomic E-state index is 13.1. The summed E-state index contributed by atoms with van der Waals surface area (Å²) in [5.41, 5.74) is 1.85. The Morgan fingerprint density at radius 1 is 1.21 bits per heavy atom. The lowest BCUT2D eigenvalue weighted by Gasteiger charge is -2.38. The van der Waals surface area contributed by atoms with E-state index >= 15 is 0 Å². The zero-order valence-electron chi connectivity index (χ0n) is 17.5. The fraction of sp³-hybridized carbons (Fsp3) is 0.409. The highest BCUT2D eigenvalue weighted by Gasteiger charge is 2.36. The topological polar surface area (TPSA) is 75.7 Å². The molecule has 1 amide bonds. The van der Waals surface area contributed by atoms with Gasteiger partial charge in [-0.3, -0.25) is 9.10 Å². The summed E-state index contributed by atoms with van der Waals surface area (Å²) in [5, 5.41) is 3.04. The summed E-state index contributed by atoms with van der Waals surface area (Å²) >= 11 is 0. The van der Waals surface area contributed by atoms with Gasteiger partial charge in [-0.25, -0.2) is 8.42 Å². The maximum Gasteiger partial charge on any atom is 0.244 e. The van der Waals surface area contributed by atoms with Gasteiger partial charge in [0.25, 0.3) is 0 Å². The quantitative estimate of drug-likeness (QED) is 0.809. The Kier molecular flexibility index (Phi) is 5.63. The minimum Gasteiger partial charge on any atom is -0.487 e. The number of sulfonamides is 1. The average Bonchev–Trinajstić information content (AvgIpc) is 2.59. The van der Waals surface area contributed by atoms with Crippen molar-refractivity contribution in [1.29, 1.82) is 0 Å². The Bertz CT molecular complexity index is 1020. The monoisotopic (exact) mass is 416 g/mol. The highest BCUT2D eigenvalue weighted by atomic mass is 32.2. The van der Waals surface area contributed by atoms with Crippen LogP contribution < -0.4 is 14.4 Å². The molecule has 1 N–H and O–H groups in total. The molecule has 0 aliphatic carbocycles. The van der Waals surface area contributed by atoms with Crippen molar-refractivity contribution in [1.82, 2.24) is 5.32 Å². The molecule has 0 unspecified atom stereocenters. The molecule has 3 rings (SSSR count). The summed E-state index contributed by atoms with van der Waals surface area (Å²) in [6.07, 6.45) is 1.71. The molecule has 7 heteroatoms. The molecule has 0 fully saturated rings. The summed E-state index contributed by atoms with van der Waals surface area (Å²) in [6.45, 7) is 7.44. The van der Waals surface area contributed by atoms with Gasteiger partial charge >= 0.3 is 0 Å². The van der Waals surface area contributed by atoms with Crippen LogP contribution in [0.4, 0.5) is 5.69 Å². The summed E-state index contributed by atoms with van der Waals surface area (Å²) in [4.78, 5) is 13.1. The van der Waals surface area contributed by atoms with Gasteiger partial charge in [-0.15, -0.1) is 0 Å². The standard InChI is InChI=1S/C22H28N2O4S/c1-15-9-8-10-17(13-15)24(29(5,26)27)16(2)21(25)23-19-14-22(3,4)28-20-12-7-6-11-18(19)20/h6-13,16,19H,14H2,1-5H3,(H,23,25)/t16-,19+/m1/s1. The van der Waals surface area contributed by atoms with Crippen molar-refractivity contribution in [2.24, 2.45) is 0 Å². The molecule has 156 valence electrons. The molecule has 0 spiro atoms. The van der Waals surface area contributed by atoms with Gasteiger partial charge in [0, 0.05) is 12.0 Å². The molecule has 0 saturated carbocycles. The van der Waals surface area contributed by atoms with E-state index in [1.165, 1.54) is 4.31 Å². The number of hydrogen-bond donors (Lipinski definition) is 1. The lowest BCUT2D eigenvalue weighted by Crippen LogP contribution is -2.50. The van der Waals surface area contributed by atoms with Crippen molar-refractivity contribution in [3.63, 3.8) is 0 Å². The van der Waals surface area contributed by atoms with Gasteiger partial charge in [-0.05, 0) is 51.5 Å². The van der Waals surface area contributed by atoms with E-state index in [4.69, 9.17) is 4.74 Å². The number of anilines is 1. The predicted octanol–water partition coefficient (Wildman–Crippen LogP) is 3.57. The van der Waals surface area contributed by atoms with Crippen LogP contribution in [0.3, 0.4) is 0 Å². The van der Waals surface area contributed by atoms with Crippen LogP contribution in [0, 0.1) is 6.92 Å². The third-order valence-electron chi connectivity index (χ3n) is 5.04. The molecule has 1 aliphatic heterocycles. The maximum absolute atomic E-state index is 13.1. The highest BCUT2D eigenvalue weighted by Crippen LogP contribution is 2.39. The van der Waals surface area contributed by atoms with Crippen LogP contribution >= 0.6 is 0 Å². The lowest BCUT2D eigenvalue weighted by molar-refractivity contribution is -0.123. The van der Waals surface area contributed by atoms with Crippen LogP contribution in [0.2, 0.25) is 0 Å². The minimum absolute atomic E-state index is 0.260. The Morgan fingerprint density at radius 2 is 1.90 bits per heavy atom. The number of benzene rings is 2. The van der Waals surface area contributed by atoms with Crippen molar-refractivity contribution >= 4 is 21.6 Å². The highest BCUT2D eigenvalue weighted by molar-refractivity contribution is 7.92. The zero-order chi connectivity index (χ0) is 21.4. The lowest BCUT2D eigenvalue weighted by atomic mass is 9.89. The SMILES string of the molecule is Cc1cccc(N([C@H](C)C(=O)N[C@H]2CC(C)(C)Oc3ccccc32)S(C)(=O)=O)c1. The summed E-state index contributed by atoms with van der Waals surface area (Å²) < 4.78 is 32.2. The fourth-order valence-corrected chi connectivity index (χ4v) is 4.96. The van der Waals surface area contributed by atoms with E-state index in [2.05, 4.69) is 5.32 Å². The number of carbonyl (C=O) groups is 1. The van der Waals surface area contributed by atoms with Crippen LogP contribution in [-0.2, 0) is 14.8 Å². The van der Waals surface area contributed by atoms with E-state index in [1.807, 2.05) is 51.1 Å². The first kappa shape index (κ1) is 21.2. The fourth-order valence-electron chi connectivity index (χ4n) is 3.80. The van der Waals surface area contributed by atoms with Crippen molar-refractivity contribution in [2.45, 2.75) is 51.8 Å². The van der Waals surface area contributed by atoms with Gasteiger partial charge in [0.1, 0.15) is 17.4 Å². The second kappa shape index (κ2) is 7.71. The minimum atomic E-state index is -3.66. The number of amides is 1. The molecular weight excluding hydrogens is 388 g/mol. The van der Waals surface area contributed by atoms with Gasteiger partial charge in [-0.2, -0.15) is 0 Å². The Morgan fingerprint density at radius 3 is 2.55 bits per heavy atom. The van der Waals surface area contributed by atoms with Gasteiger partial charge in [-0.1, -0.05) is 30.3 Å². The van der Waals surface area contributed by atoms with E-state index in [9.17, 15) is 13.2 Å². The first-order valence-electron chi connectivity index (χ1n) is 9.62. The third kappa shape index (κ3) is 4.72. The number of carbonyl (C=O) groups excluding carboxylic acids is 1. The first-order valence-corrected chi connectivity index (χ1v) is 11.5. The second-order valence-electron chi connectivity index (χ2n) is 8.24. The van der Waals surface area contributed by atoms with Crippen molar-refractivity contribution < 1.29 is 17.9 Å². The summed E-state index contributed by atoms with van der Waals surface area (Å²) in [5.74, 6) is 0.384. The molecule has 1 heterocycles. The van der Waals surface area contributed by atoms with Crippen molar-refractivity contribution in [2.75, 3.05) is 10.6 Å². The normalized spacial score (nSPS) is 18.9. The van der Waals surface area contributed by atoms with E-state index in [0.717, 1.165) is 23.1 Å². The number of aryl methyl sites for hydroxylation is 1. The van der Waals surface area contributed by atoms with Gasteiger partial charge in [0.05, 0.1) is 18.0 Å².